The van der Waals surface area contributed by atoms with Crippen LogP contribution >= 0.6 is 0 Å². The summed E-state index contributed by atoms with van der Waals surface area (Å²) in [5.41, 5.74) is 0.892. The van der Waals surface area contributed by atoms with Gasteiger partial charge < -0.3 is 15.2 Å². The first-order chi connectivity index (χ1) is 9.06. The molecule has 0 bridgehead atoms. The van der Waals surface area contributed by atoms with Crippen LogP contribution in [0.3, 0.4) is 0 Å². The molecule has 2 rings (SSSR count). The number of hydrogen-bond acceptors (Lipinski definition) is 6. The second kappa shape index (κ2) is 5.69. The van der Waals surface area contributed by atoms with Gasteiger partial charge in [0.1, 0.15) is 11.6 Å². The van der Waals surface area contributed by atoms with Crippen molar-refractivity contribution in [2.75, 3.05) is 10.6 Å². The molecule has 0 saturated heterocycles. The van der Waals surface area contributed by atoms with Gasteiger partial charge in [0, 0.05) is 23.9 Å². The fourth-order valence-corrected chi connectivity index (χ4v) is 1.58. The van der Waals surface area contributed by atoms with Gasteiger partial charge in [-0.25, -0.2) is 4.98 Å². The smallest absolute Gasteiger partial charge is 0.225 e. The van der Waals surface area contributed by atoms with Gasteiger partial charge in [-0.15, -0.1) is 0 Å². The van der Waals surface area contributed by atoms with Crippen LogP contribution in [0, 0.1) is 13.8 Å². The number of aryl methyl sites for hydroxylation is 2. The lowest BCUT2D eigenvalue weighted by molar-refractivity contribution is 0.400. The molecular formula is C13H19N5O. The predicted octanol–water partition coefficient (Wildman–Crippen LogP) is 3.04. The minimum Gasteiger partial charge on any atom is -0.360 e. The average molecular weight is 261 g/mol. The molecule has 2 aromatic rings. The van der Waals surface area contributed by atoms with Crippen molar-refractivity contribution in [3.05, 3.63) is 23.6 Å². The predicted molar refractivity (Wildman–Crippen MR) is 74.7 cm³/mol. The molecule has 2 heterocycles. The first-order valence-electron chi connectivity index (χ1n) is 6.39. The van der Waals surface area contributed by atoms with Gasteiger partial charge in [-0.2, -0.15) is 4.98 Å². The lowest BCUT2D eigenvalue weighted by Gasteiger charge is -2.12. The summed E-state index contributed by atoms with van der Waals surface area (Å²) < 4.78 is 5.01. The molecule has 19 heavy (non-hydrogen) atoms. The van der Waals surface area contributed by atoms with E-state index in [-0.39, 0.29) is 0 Å². The lowest BCUT2D eigenvalue weighted by atomic mass is 10.3. The van der Waals surface area contributed by atoms with Gasteiger partial charge in [0.15, 0.2) is 5.82 Å². The van der Waals surface area contributed by atoms with E-state index in [9.17, 15) is 0 Å². The molecule has 2 aromatic heterocycles. The molecule has 0 aliphatic heterocycles. The van der Waals surface area contributed by atoms with Crippen LogP contribution in [-0.2, 0) is 0 Å². The maximum atomic E-state index is 5.01. The third-order valence-electron chi connectivity index (χ3n) is 2.73. The molecule has 0 fully saturated rings. The first-order valence-corrected chi connectivity index (χ1v) is 6.39. The highest BCUT2D eigenvalue weighted by Crippen LogP contribution is 2.17. The summed E-state index contributed by atoms with van der Waals surface area (Å²) in [7, 11) is 0. The topological polar surface area (TPSA) is 75.9 Å². The van der Waals surface area contributed by atoms with Crippen LogP contribution in [0.5, 0.6) is 0 Å². The second-order valence-corrected chi connectivity index (χ2v) is 4.62. The van der Waals surface area contributed by atoms with E-state index in [2.05, 4.69) is 39.6 Å². The van der Waals surface area contributed by atoms with E-state index in [1.54, 1.807) is 0 Å². The summed E-state index contributed by atoms with van der Waals surface area (Å²) in [5.74, 6) is 2.72. The quantitative estimate of drug-likeness (QED) is 0.861. The zero-order valence-electron chi connectivity index (χ0n) is 11.7. The van der Waals surface area contributed by atoms with Crippen molar-refractivity contribution in [1.29, 1.82) is 0 Å². The third-order valence-corrected chi connectivity index (χ3v) is 2.73. The van der Waals surface area contributed by atoms with Gasteiger partial charge in [-0.05, 0) is 27.2 Å². The highest BCUT2D eigenvalue weighted by molar-refractivity contribution is 5.53. The van der Waals surface area contributed by atoms with Gasteiger partial charge in [0.05, 0.1) is 0 Å². The molecule has 102 valence electrons. The zero-order chi connectivity index (χ0) is 13.8. The van der Waals surface area contributed by atoms with E-state index in [0.29, 0.717) is 23.6 Å². The summed E-state index contributed by atoms with van der Waals surface area (Å²) in [6, 6.07) is 4.02. The van der Waals surface area contributed by atoms with Crippen LogP contribution in [0.25, 0.3) is 0 Å². The monoisotopic (exact) mass is 261 g/mol. The molecular weight excluding hydrogens is 242 g/mol. The lowest BCUT2D eigenvalue weighted by Crippen LogP contribution is -2.16. The van der Waals surface area contributed by atoms with E-state index in [1.165, 1.54) is 0 Å². The van der Waals surface area contributed by atoms with Crippen molar-refractivity contribution < 1.29 is 4.52 Å². The van der Waals surface area contributed by atoms with Crippen molar-refractivity contribution in [2.45, 2.75) is 40.2 Å². The Labute approximate surface area is 112 Å². The van der Waals surface area contributed by atoms with E-state index in [4.69, 9.17) is 4.52 Å². The highest BCUT2D eigenvalue weighted by atomic mass is 16.5. The number of anilines is 3. The van der Waals surface area contributed by atoms with Gasteiger partial charge in [0.2, 0.25) is 5.95 Å². The molecule has 1 atom stereocenters. The zero-order valence-corrected chi connectivity index (χ0v) is 11.7. The van der Waals surface area contributed by atoms with Crippen molar-refractivity contribution in [2.24, 2.45) is 0 Å². The Morgan fingerprint density at radius 2 is 2.00 bits per heavy atom. The average Bonchev–Trinajstić information content (AvgIpc) is 2.73. The number of aromatic nitrogens is 3. The Morgan fingerprint density at radius 1 is 1.21 bits per heavy atom. The van der Waals surface area contributed by atoms with Crippen molar-refractivity contribution in [3.8, 4) is 0 Å². The first kappa shape index (κ1) is 13.3. The van der Waals surface area contributed by atoms with Crippen LogP contribution in [0.2, 0.25) is 0 Å². The Hall–Kier alpha value is -2.11. The van der Waals surface area contributed by atoms with E-state index in [0.717, 1.165) is 17.9 Å². The standard InChI is InChI=1S/C13H19N5O/c1-5-8(2)14-13-15-9(3)6-11(17-13)16-12-7-10(4)19-18-12/h6-8H,5H2,1-4H3,(H2,14,15,16,17,18). The molecule has 0 radical (unpaired) electrons. The fourth-order valence-electron chi connectivity index (χ4n) is 1.58. The van der Waals surface area contributed by atoms with E-state index >= 15 is 0 Å². The van der Waals surface area contributed by atoms with Crippen LogP contribution in [0.15, 0.2) is 16.7 Å². The van der Waals surface area contributed by atoms with Gasteiger partial charge in [-0.1, -0.05) is 12.1 Å². The van der Waals surface area contributed by atoms with Crippen LogP contribution < -0.4 is 10.6 Å². The molecule has 0 aromatic carbocycles. The van der Waals surface area contributed by atoms with Crippen LogP contribution in [0.1, 0.15) is 31.7 Å². The van der Waals surface area contributed by atoms with Crippen LogP contribution in [0.4, 0.5) is 17.6 Å². The summed E-state index contributed by atoms with van der Waals surface area (Å²) in [6.07, 6.45) is 1.02. The number of nitrogens with one attached hydrogen (secondary N) is 2. The third kappa shape index (κ3) is 3.67. The minimum absolute atomic E-state index is 0.337. The summed E-state index contributed by atoms with van der Waals surface area (Å²) in [6.45, 7) is 7.99. The Kier molecular flexibility index (Phi) is 3.99. The number of hydrogen-bond donors (Lipinski definition) is 2. The number of rotatable bonds is 5. The van der Waals surface area contributed by atoms with Crippen molar-refractivity contribution >= 4 is 17.6 Å². The molecule has 2 N–H and O–H groups in total. The summed E-state index contributed by atoms with van der Waals surface area (Å²) in [5, 5.41) is 10.2. The Balaban J connectivity index is 2.16. The van der Waals surface area contributed by atoms with Gasteiger partial charge in [-0.3, -0.25) is 0 Å². The Morgan fingerprint density at radius 3 is 2.63 bits per heavy atom. The van der Waals surface area contributed by atoms with E-state index < -0.39 is 0 Å². The maximum Gasteiger partial charge on any atom is 0.225 e. The Bertz CT molecular complexity index is 552. The van der Waals surface area contributed by atoms with Crippen molar-refractivity contribution in [3.63, 3.8) is 0 Å². The number of nitrogens with zero attached hydrogens (tertiary/aromatic N) is 3. The summed E-state index contributed by atoms with van der Waals surface area (Å²) in [4.78, 5) is 8.77. The molecule has 0 aliphatic carbocycles. The fraction of sp³-hybridized carbons (Fsp3) is 0.462. The van der Waals surface area contributed by atoms with Crippen molar-refractivity contribution in [1.82, 2.24) is 15.1 Å². The molecule has 6 nitrogen and oxygen atoms in total. The molecule has 0 aliphatic rings. The molecule has 0 saturated carbocycles. The van der Waals surface area contributed by atoms with E-state index in [1.807, 2.05) is 26.0 Å². The molecule has 0 amide bonds. The SMILES string of the molecule is CCC(C)Nc1nc(C)cc(Nc2cc(C)on2)n1. The normalized spacial score (nSPS) is 12.2. The van der Waals surface area contributed by atoms with Gasteiger partial charge >= 0.3 is 0 Å². The largest absolute Gasteiger partial charge is 0.360 e. The summed E-state index contributed by atoms with van der Waals surface area (Å²) >= 11 is 0. The molecule has 6 heteroatoms. The minimum atomic E-state index is 0.337. The van der Waals surface area contributed by atoms with Crippen LogP contribution in [-0.4, -0.2) is 21.2 Å². The molecule has 0 spiro atoms. The highest BCUT2D eigenvalue weighted by Gasteiger charge is 2.07. The molecule has 1 unspecified atom stereocenters. The second-order valence-electron chi connectivity index (χ2n) is 4.62. The van der Waals surface area contributed by atoms with Gasteiger partial charge in [0.25, 0.3) is 0 Å². The maximum absolute atomic E-state index is 5.01.